The fraction of sp³-hybridized carbons (Fsp3) is 0.360. The van der Waals surface area contributed by atoms with Gasteiger partial charge >= 0.3 is 0 Å². The van der Waals surface area contributed by atoms with E-state index in [2.05, 4.69) is 44.3 Å². The fourth-order valence-electron chi connectivity index (χ4n) is 5.50. The van der Waals surface area contributed by atoms with Crippen molar-refractivity contribution < 1.29 is 0 Å². The van der Waals surface area contributed by atoms with Gasteiger partial charge in [-0.15, -0.1) is 0 Å². The van der Waals surface area contributed by atoms with Crippen molar-refractivity contribution in [3.63, 3.8) is 0 Å². The van der Waals surface area contributed by atoms with Crippen molar-refractivity contribution in [1.82, 2.24) is 25.1 Å². The Kier molecular flexibility index (Phi) is 4.47. The van der Waals surface area contributed by atoms with Gasteiger partial charge in [0.05, 0.1) is 11.9 Å². The summed E-state index contributed by atoms with van der Waals surface area (Å²) in [4.78, 5) is 16.3. The van der Waals surface area contributed by atoms with Gasteiger partial charge in [0.2, 0.25) is 5.65 Å². The molecule has 0 saturated carbocycles. The molecule has 3 aromatic heterocycles. The van der Waals surface area contributed by atoms with Crippen molar-refractivity contribution >= 4 is 17.0 Å². The topological polar surface area (TPSA) is 96.6 Å². The van der Waals surface area contributed by atoms with E-state index >= 15 is 0 Å². The summed E-state index contributed by atoms with van der Waals surface area (Å²) in [5.74, 6) is 0.887. The van der Waals surface area contributed by atoms with Gasteiger partial charge in [0.1, 0.15) is 11.3 Å². The van der Waals surface area contributed by atoms with Crippen molar-refractivity contribution in [2.24, 2.45) is 11.1 Å². The normalized spacial score (nSPS) is 19.9. The molecule has 2 aliphatic rings. The SMILES string of the molecule is Cc1ncccc1-c1[nH]nc2nc(N3CCC4(CC3)Cc3ccccc3C[C@H]4N)cnc12. The highest BCUT2D eigenvalue weighted by Crippen LogP contribution is 2.43. The number of hydrogen-bond acceptors (Lipinski definition) is 6. The third-order valence-corrected chi connectivity index (χ3v) is 7.50. The minimum absolute atomic E-state index is 0.180. The van der Waals surface area contributed by atoms with Crippen LogP contribution in [-0.4, -0.2) is 44.3 Å². The van der Waals surface area contributed by atoms with Crippen molar-refractivity contribution in [1.29, 1.82) is 0 Å². The molecule has 4 aromatic rings. The van der Waals surface area contributed by atoms with E-state index in [0.29, 0.717) is 5.65 Å². The smallest absolute Gasteiger partial charge is 0.202 e. The van der Waals surface area contributed by atoms with Gasteiger partial charge in [-0.3, -0.25) is 10.1 Å². The maximum Gasteiger partial charge on any atom is 0.202 e. The Labute approximate surface area is 187 Å². The van der Waals surface area contributed by atoms with E-state index in [1.165, 1.54) is 11.1 Å². The summed E-state index contributed by atoms with van der Waals surface area (Å²) >= 11 is 0. The van der Waals surface area contributed by atoms with Gasteiger partial charge < -0.3 is 10.6 Å². The number of H-pyrrole nitrogens is 1. The first kappa shape index (κ1) is 19.4. The number of pyridine rings is 1. The average molecular weight is 426 g/mol. The molecule has 1 aliphatic heterocycles. The number of piperidine rings is 1. The summed E-state index contributed by atoms with van der Waals surface area (Å²) in [6.45, 7) is 3.87. The van der Waals surface area contributed by atoms with Gasteiger partial charge in [-0.05, 0) is 61.3 Å². The number of nitrogens with one attached hydrogen (secondary N) is 1. The molecule has 0 unspecified atom stereocenters. The molecule has 0 radical (unpaired) electrons. The second-order valence-electron chi connectivity index (χ2n) is 9.24. The summed E-state index contributed by atoms with van der Waals surface area (Å²) in [7, 11) is 0. The summed E-state index contributed by atoms with van der Waals surface area (Å²) in [6, 6.07) is 12.9. The molecule has 1 fully saturated rings. The lowest BCUT2D eigenvalue weighted by molar-refractivity contribution is 0.154. The molecule has 1 atom stereocenters. The van der Waals surface area contributed by atoms with Crippen molar-refractivity contribution in [2.45, 2.75) is 38.6 Å². The first-order valence-corrected chi connectivity index (χ1v) is 11.3. The van der Waals surface area contributed by atoms with Crippen LogP contribution in [0.1, 0.15) is 29.7 Å². The van der Waals surface area contributed by atoms with Crippen LogP contribution in [0.4, 0.5) is 5.82 Å². The van der Waals surface area contributed by atoms with E-state index in [1.807, 2.05) is 25.3 Å². The van der Waals surface area contributed by atoms with Crippen LogP contribution < -0.4 is 10.6 Å². The largest absolute Gasteiger partial charge is 0.355 e. The van der Waals surface area contributed by atoms with Crippen molar-refractivity contribution in [2.75, 3.05) is 18.0 Å². The Morgan fingerprint density at radius 1 is 1.06 bits per heavy atom. The molecule has 7 nitrogen and oxygen atoms in total. The lowest BCUT2D eigenvalue weighted by Crippen LogP contribution is -2.54. The van der Waals surface area contributed by atoms with E-state index in [1.54, 1.807) is 6.20 Å². The molecule has 4 heterocycles. The van der Waals surface area contributed by atoms with Crippen molar-refractivity contribution in [3.05, 3.63) is 65.6 Å². The minimum atomic E-state index is 0.180. The molecule has 32 heavy (non-hydrogen) atoms. The Hall–Kier alpha value is -3.32. The maximum absolute atomic E-state index is 6.72. The van der Waals surface area contributed by atoms with Crippen LogP contribution in [-0.2, 0) is 12.8 Å². The molecule has 162 valence electrons. The highest BCUT2D eigenvalue weighted by Gasteiger charge is 2.43. The Morgan fingerprint density at radius 3 is 2.69 bits per heavy atom. The first-order valence-electron chi connectivity index (χ1n) is 11.3. The lowest BCUT2D eigenvalue weighted by atomic mass is 9.63. The van der Waals surface area contributed by atoms with Gasteiger partial charge in [0.15, 0.2) is 0 Å². The summed E-state index contributed by atoms with van der Waals surface area (Å²) < 4.78 is 0. The number of aryl methyl sites for hydroxylation is 1. The summed E-state index contributed by atoms with van der Waals surface area (Å²) in [6.07, 6.45) is 7.87. The molecule has 7 heteroatoms. The zero-order valence-corrected chi connectivity index (χ0v) is 18.3. The molecule has 1 saturated heterocycles. The highest BCUT2D eigenvalue weighted by molar-refractivity contribution is 5.88. The van der Waals surface area contributed by atoms with Crippen LogP contribution in [0.15, 0.2) is 48.8 Å². The maximum atomic E-state index is 6.72. The molecule has 0 amide bonds. The van der Waals surface area contributed by atoms with Gasteiger partial charge in [-0.25, -0.2) is 9.97 Å². The molecule has 0 bridgehead atoms. The number of rotatable bonds is 2. The van der Waals surface area contributed by atoms with E-state index in [0.717, 1.165) is 67.1 Å². The van der Waals surface area contributed by atoms with Gasteiger partial charge in [-0.2, -0.15) is 5.10 Å². The Balaban J connectivity index is 1.24. The zero-order chi connectivity index (χ0) is 21.7. The van der Waals surface area contributed by atoms with Crippen LogP contribution in [0, 0.1) is 12.3 Å². The fourth-order valence-corrected chi connectivity index (χ4v) is 5.50. The molecular formula is C25H27N7. The molecular weight excluding hydrogens is 398 g/mol. The quantitative estimate of drug-likeness (QED) is 0.511. The molecule has 6 rings (SSSR count). The standard InChI is InChI=1S/C25H27N7/c1-16-19(7-4-10-27-16)22-23-24(31-30-22)29-21(15-28-23)32-11-8-25(9-12-32)14-18-6-3-2-5-17(18)13-20(25)26/h2-7,10,15,20H,8-9,11-14,26H2,1H3,(H,29,30,31)/t20-/m1/s1. The lowest BCUT2D eigenvalue weighted by Gasteiger charge is -2.48. The van der Waals surface area contributed by atoms with Gasteiger partial charge in [0.25, 0.3) is 0 Å². The second-order valence-corrected chi connectivity index (χ2v) is 9.24. The predicted molar refractivity (Wildman–Crippen MR) is 125 cm³/mol. The van der Waals surface area contributed by atoms with Crippen LogP contribution >= 0.6 is 0 Å². The number of anilines is 1. The monoisotopic (exact) mass is 425 g/mol. The molecule has 1 aliphatic carbocycles. The third kappa shape index (κ3) is 3.07. The van der Waals surface area contributed by atoms with E-state index < -0.39 is 0 Å². The predicted octanol–water partition coefficient (Wildman–Crippen LogP) is 3.44. The van der Waals surface area contributed by atoms with E-state index in [-0.39, 0.29) is 11.5 Å². The average Bonchev–Trinajstić information content (AvgIpc) is 3.24. The van der Waals surface area contributed by atoms with Crippen LogP contribution in [0.25, 0.3) is 22.4 Å². The van der Waals surface area contributed by atoms with Crippen LogP contribution in [0.3, 0.4) is 0 Å². The molecule has 1 aromatic carbocycles. The third-order valence-electron chi connectivity index (χ3n) is 7.50. The number of aromatic amines is 1. The highest BCUT2D eigenvalue weighted by atomic mass is 15.2. The number of nitrogens with two attached hydrogens (primary N) is 1. The number of benzene rings is 1. The number of nitrogens with zero attached hydrogens (tertiary/aromatic N) is 5. The first-order chi connectivity index (χ1) is 15.6. The van der Waals surface area contributed by atoms with Crippen LogP contribution in [0.5, 0.6) is 0 Å². The molecule has 3 N–H and O–H groups in total. The van der Waals surface area contributed by atoms with Crippen LogP contribution in [0.2, 0.25) is 0 Å². The number of hydrogen-bond donors (Lipinski definition) is 2. The van der Waals surface area contributed by atoms with E-state index in [9.17, 15) is 0 Å². The van der Waals surface area contributed by atoms with Crippen molar-refractivity contribution in [3.8, 4) is 11.3 Å². The minimum Gasteiger partial charge on any atom is -0.355 e. The Morgan fingerprint density at radius 2 is 1.88 bits per heavy atom. The Bertz CT molecular complexity index is 1290. The van der Waals surface area contributed by atoms with Gasteiger partial charge in [-0.1, -0.05) is 24.3 Å². The van der Waals surface area contributed by atoms with Gasteiger partial charge in [0, 0.05) is 36.6 Å². The number of fused-ring (bicyclic) bond motifs is 2. The number of aromatic nitrogens is 5. The van der Waals surface area contributed by atoms with E-state index in [4.69, 9.17) is 15.7 Å². The summed E-state index contributed by atoms with van der Waals surface area (Å²) in [5.41, 5.74) is 14.0. The second kappa shape index (κ2) is 7.38. The molecule has 1 spiro atoms. The summed E-state index contributed by atoms with van der Waals surface area (Å²) in [5, 5.41) is 7.55. The zero-order valence-electron chi connectivity index (χ0n) is 18.3.